The average molecular weight is 523 g/mol. The fourth-order valence-electron chi connectivity index (χ4n) is 3.79. The van der Waals surface area contributed by atoms with Crippen LogP contribution in [-0.2, 0) is 10.0 Å². The lowest BCUT2D eigenvalue weighted by Gasteiger charge is -2.23. The third kappa shape index (κ3) is 5.14. The first-order valence-corrected chi connectivity index (χ1v) is 14.1. The van der Waals surface area contributed by atoms with Gasteiger partial charge in [0.2, 0.25) is 0 Å². The van der Waals surface area contributed by atoms with Crippen LogP contribution >= 0.6 is 22.7 Å². The number of nitrogens with one attached hydrogen (secondary N) is 2. The van der Waals surface area contributed by atoms with Gasteiger partial charge >= 0.3 is 6.03 Å². The molecular formula is C25H22N4O3S3. The average Bonchev–Trinajstić information content (AvgIpc) is 3.61. The van der Waals surface area contributed by atoms with Crippen LogP contribution in [0.1, 0.15) is 27.8 Å². The summed E-state index contributed by atoms with van der Waals surface area (Å²) in [7, 11) is -4.04. The number of amides is 2. The Kier molecular flexibility index (Phi) is 6.42. The van der Waals surface area contributed by atoms with Crippen molar-refractivity contribution >= 4 is 55.8 Å². The molecule has 0 aliphatic carbocycles. The summed E-state index contributed by atoms with van der Waals surface area (Å²) in [5.41, 5.74) is 3.32. The standard InChI is InChI=1S/C25H22N4O3S3/c1-17-6-8-18(9-7-17)26-25(30)28-35(31,32)20-12-10-19(11-13-20)29-22(24-5-3-15-34-24)16-21(27-29)23-4-2-14-33-23/h2-15,22H,16H2,1H3,(H2,26,28,30). The molecule has 0 saturated heterocycles. The molecule has 2 aromatic heterocycles. The number of aryl methyl sites for hydroxylation is 1. The molecule has 7 nitrogen and oxygen atoms in total. The second-order valence-electron chi connectivity index (χ2n) is 8.02. The number of rotatable bonds is 6. The molecule has 2 N–H and O–H groups in total. The first-order valence-electron chi connectivity index (χ1n) is 10.8. The molecule has 1 unspecified atom stereocenters. The van der Waals surface area contributed by atoms with E-state index in [1.54, 1.807) is 46.9 Å². The minimum absolute atomic E-state index is 0.00497. The molecule has 5 rings (SSSR count). The highest BCUT2D eigenvalue weighted by Crippen LogP contribution is 2.39. The molecule has 1 aliphatic heterocycles. The number of urea groups is 1. The Morgan fingerprint density at radius 3 is 2.34 bits per heavy atom. The number of nitrogens with zero attached hydrogens (tertiary/aromatic N) is 2. The van der Waals surface area contributed by atoms with E-state index in [2.05, 4.69) is 22.2 Å². The van der Waals surface area contributed by atoms with Gasteiger partial charge in [-0.2, -0.15) is 5.10 Å². The van der Waals surface area contributed by atoms with Gasteiger partial charge in [0.25, 0.3) is 10.0 Å². The fraction of sp³-hybridized carbons (Fsp3) is 0.120. The van der Waals surface area contributed by atoms with E-state index in [1.165, 1.54) is 17.0 Å². The van der Waals surface area contributed by atoms with Gasteiger partial charge < -0.3 is 5.32 Å². The lowest BCUT2D eigenvalue weighted by atomic mass is 10.1. The summed E-state index contributed by atoms with van der Waals surface area (Å²) in [5.74, 6) is 0. The van der Waals surface area contributed by atoms with Crippen LogP contribution < -0.4 is 15.0 Å². The van der Waals surface area contributed by atoms with Crippen LogP contribution in [0.5, 0.6) is 0 Å². The molecule has 3 heterocycles. The summed E-state index contributed by atoms with van der Waals surface area (Å²) >= 11 is 3.32. The van der Waals surface area contributed by atoms with Gasteiger partial charge in [0.15, 0.2) is 0 Å². The van der Waals surface area contributed by atoms with Gasteiger partial charge in [0, 0.05) is 17.0 Å². The summed E-state index contributed by atoms with van der Waals surface area (Å²) in [6.45, 7) is 1.93. The highest BCUT2D eigenvalue weighted by atomic mass is 32.2. The van der Waals surface area contributed by atoms with Gasteiger partial charge in [0.1, 0.15) is 0 Å². The van der Waals surface area contributed by atoms with Crippen molar-refractivity contribution in [2.24, 2.45) is 5.10 Å². The molecule has 10 heteroatoms. The van der Waals surface area contributed by atoms with Crippen molar-refractivity contribution < 1.29 is 13.2 Å². The topological polar surface area (TPSA) is 90.9 Å². The van der Waals surface area contributed by atoms with Crippen molar-refractivity contribution in [3.8, 4) is 0 Å². The Labute approximate surface area is 211 Å². The Morgan fingerprint density at radius 2 is 1.69 bits per heavy atom. The Morgan fingerprint density at radius 1 is 0.971 bits per heavy atom. The smallest absolute Gasteiger partial charge is 0.307 e. The Bertz CT molecular complexity index is 1450. The maximum atomic E-state index is 12.8. The number of benzene rings is 2. The molecule has 178 valence electrons. The summed E-state index contributed by atoms with van der Waals surface area (Å²) in [6.07, 6.45) is 0.766. The minimum atomic E-state index is -4.04. The molecular weight excluding hydrogens is 501 g/mol. The third-order valence-corrected chi connectivity index (χ3v) is 8.77. The molecule has 1 atom stereocenters. The van der Waals surface area contributed by atoms with Crippen molar-refractivity contribution in [1.82, 2.24) is 4.72 Å². The van der Waals surface area contributed by atoms with Crippen LogP contribution in [0.4, 0.5) is 16.2 Å². The highest BCUT2D eigenvalue weighted by Gasteiger charge is 2.31. The van der Waals surface area contributed by atoms with Crippen molar-refractivity contribution in [1.29, 1.82) is 0 Å². The predicted molar refractivity (Wildman–Crippen MR) is 142 cm³/mol. The zero-order valence-corrected chi connectivity index (χ0v) is 21.2. The van der Waals surface area contributed by atoms with Gasteiger partial charge in [-0.05, 0) is 66.2 Å². The van der Waals surface area contributed by atoms with E-state index in [4.69, 9.17) is 5.10 Å². The van der Waals surface area contributed by atoms with Crippen LogP contribution in [-0.4, -0.2) is 20.2 Å². The lowest BCUT2D eigenvalue weighted by Crippen LogP contribution is -2.34. The molecule has 1 aliphatic rings. The fourth-order valence-corrected chi connectivity index (χ4v) is 6.24. The van der Waals surface area contributed by atoms with Gasteiger partial charge in [-0.25, -0.2) is 17.9 Å². The molecule has 0 fully saturated rings. The molecule has 0 saturated carbocycles. The maximum absolute atomic E-state index is 12.8. The summed E-state index contributed by atoms with van der Waals surface area (Å²) in [5, 5.41) is 13.4. The molecule has 0 bridgehead atoms. The molecule has 4 aromatic rings. The van der Waals surface area contributed by atoms with E-state index in [0.717, 1.165) is 28.3 Å². The number of hydrazone groups is 1. The van der Waals surface area contributed by atoms with E-state index in [9.17, 15) is 13.2 Å². The van der Waals surface area contributed by atoms with Crippen LogP contribution in [0.3, 0.4) is 0 Å². The molecule has 35 heavy (non-hydrogen) atoms. The quantitative estimate of drug-likeness (QED) is 0.326. The second kappa shape index (κ2) is 9.65. The molecule has 2 aromatic carbocycles. The number of hydrogen-bond donors (Lipinski definition) is 2. The van der Waals surface area contributed by atoms with Gasteiger partial charge in [-0.15, -0.1) is 22.7 Å². The van der Waals surface area contributed by atoms with Gasteiger partial charge in [-0.1, -0.05) is 29.8 Å². The number of carbonyl (C=O) groups is 1. The number of carbonyl (C=O) groups excluding carboxylic acids is 1. The Balaban J connectivity index is 1.34. The predicted octanol–water partition coefficient (Wildman–Crippen LogP) is 5.98. The third-order valence-electron chi connectivity index (χ3n) is 5.54. The monoisotopic (exact) mass is 522 g/mol. The number of hydrogen-bond acceptors (Lipinski definition) is 7. The second-order valence-corrected chi connectivity index (χ2v) is 11.6. The SMILES string of the molecule is Cc1ccc(NC(=O)NS(=O)(=O)c2ccc(N3N=C(c4cccs4)CC3c3cccs3)cc2)cc1. The van der Waals surface area contributed by atoms with Crippen molar-refractivity contribution in [2.75, 3.05) is 10.3 Å². The van der Waals surface area contributed by atoms with Crippen LogP contribution in [0, 0.1) is 6.92 Å². The summed E-state index contributed by atoms with van der Waals surface area (Å²) in [4.78, 5) is 14.6. The number of anilines is 2. The van der Waals surface area contributed by atoms with E-state index < -0.39 is 16.1 Å². The first-order chi connectivity index (χ1) is 16.9. The molecule has 0 radical (unpaired) electrons. The highest BCUT2D eigenvalue weighted by molar-refractivity contribution is 7.90. The lowest BCUT2D eigenvalue weighted by molar-refractivity contribution is 0.256. The first kappa shape index (κ1) is 23.3. The molecule has 2 amide bonds. The van der Waals surface area contributed by atoms with Gasteiger partial charge in [0.05, 0.1) is 27.2 Å². The van der Waals surface area contributed by atoms with E-state index in [1.807, 2.05) is 47.0 Å². The van der Waals surface area contributed by atoms with Crippen molar-refractivity contribution in [2.45, 2.75) is 24.3 Å². The zero-order valence-electron chi connectivity index (χ0n) is 18.7. The van der Waals surface area contributed by atoms with Crippen LogP contribution in [0.15, 0.2) is 93.6 Å². The normalized spacial score (nSPS) is 15.6. The summed E-state index contributed by atoms with van der Waals surface area (Å²) in [6, 6.07) is 20.9. The maximum Gasteiger partial charge on any atom is 0.333 e. The minimum Gasteiger partial charge on any atom is -0.307 e. The van der Waals surface area contributed by atoms with E-state index >= 15 is 0 Å². The Hall–Kier alpha value is -3.47. The zero-order chi connectivity index (χ0) is 24.4. The van der Waals surface area contributed by atoms with Crippen LogP contribution in [0.25, 0.3) is 0 Å². The molecule has 0 spiro atoms. The number of sulfonamides is 1. The van der Waals surface area contributed by atoms with Crippen molar-refractivity contribution in [3.05, 3.63) is 98.9 Å². The van der Waals surface area contributed by atoms with E-state index in [0.29, 0.717) is 5.69 Å². The van der Waals surface area contributed by atoms with Crippen molar-refractivity contribution in [3.63, 3.8) is 0 Å². The van der Waals surface area contributed by atoms with Gasteiger partial charge in [-0.3, -0.25) is 5.01 Å². The van der Waals surface area contributed by atoms with E-state index in [-0.39, 0.29) is 10.9 Å². The van der Waals surface area contributed by atoms with Crippen LogP contribution in [0.2, 0.25) is 0 Å². The number of thiophene rings is 2. The largest absolute Gasteiger partial charge is 0.333 e. The summed E-state index contributed by atoms with van der Waals surface area (Å²) < 4.78 is 27.6.